The first-order valence-corrected chi connectivity index (χ1v) is 5.55. The summed E-state index contributed by atoms with van der Waals surface area (Å²) < 4.78 is 58.3. The minimum atomic E-state index is -4.28. The van der Waals surface area contributed by atoms with Gasteiger partial charge in [-0.1, -0.05) is 11.6 Å². The first kappa shape index (κ1) is 18.9. The lowest BCUT2D eigenvalue weighted by Crippen LogP contribution is -2.42. The minimum Gasteiger partial charge on any atom is -0.462 e. The third-order valence-corrected chi connectivity index (χ3v) is 2.62. The van der Waals surface area contributed by atoms with Crippen LogP contribution in [0.4, 0.5) is 17.6 Å². The smallest absolute Gasteiger partial charge is 0.379 e. The molecule has 0 aliphatic heterocycles. The lowest BCUT2D eigenvalue weighted by molar-refractivity contribution is -0.175. The van der Waals surface area contributed by atoms with Crippen LogP contribution in [0.2, 0.25) is 5.02 Å². The third kappa shape index (κ3) is 3.53. The maximum Gasteiger partial charge on any atom is 0.379 e. The summed E-state index contributed by atoms with van der Waals surface area (Å²) in [5.74, 6) is -8.99. The number of carbonyl (C=O) groups is 1. The molecule has 2 N–H and O–H groups in total. The molecular weight excluding hydrogens is 325 g/mol. The molecule has 114 valence electrons. The Labute approximate surface area is 123 Å². The zero-order valence-electron chi connectivity index (χ0n) is 10.1. The molecule has 3 nitrogen and oxygen atoms in total. The number of halogens is 6. The Balaban J connectivity index is 0.00000361. The molecule has 0 unspecified atom stereocenters. The highest BCUT2D eigenvalue weighted by Gasteiger charge is 2.49. The summed E-state index contributed by atoms with van der Waals surface area (Å²) in [6.07, 6.45) is 0. The van der Waals surface area contributed by atoms with Crippen molar-refractivity contribution in [3.63, 3.8) is 0 Å². The second-order valence-electron chi connectivity index (χ2n) is 3.58. The molecule has 1 aromatic rings. The van der Waals surface area contributed by atoms with Crippen LogP contribution in [-0.2, 0) is 9.53 Å². The van der Waals surface area contributed by atoms with Crippen LogP contribution < -0.4 is 5.73 Å². The first-order chi connectivity index (χ1) is 8.73. The van der Waals surface area contributed by atoms with E-state index < -0.39 is 40.2 Å². The van der Waals surface area contributed by atoms with Gasteiger partial charge < -0.3 is 10.5 Å². The van der Waals surface area contributed by atoms with E-state index in [9.17, 15) is 22.4 Å². The average Bonchev–Trinajstić information content (AvgIpc) is 2.34. The summed E-state index contributed by atoms with van der Waals surface area (Å²) in [5.41, 5.74) is 3.92. The van der Waals surface area contributed by atoms with Gasteiger partial charge in [0.15, 0.2) is 0 Å². The maximum atomic E-state index is 13.6. The van der Waals surface area contributed by atoms with E-state index in [1.54, 1.807) is 0 Å². The number of esters is 1. The van der Waals surface area contributed by atoms with Gasteiger partial charge in [-0.05, 0) is 19.1 Å². The summed E-state index contributed by atoms with van der Waals surface area (Å²) in [6, 6.07) is -1.00. The number of carbonyl (C=O) groups excluding carboxylic acids is 1. The Morgan fingerprint density at radius 3 is 2.50 bits per heavy atom. The second kappa shape index (κ2) is 7.10. The molecule has 0 aliphatic carbocycles. The number of hydrogen-bond donors (Lipinski definition) is 1. The predicted octanol–water partition coefficient (Wildman–Crippen LogP) is 3.24. The van der Waals surface area contributed by atoms with Crippen LogP contribution in [0.3, 0.4) is 0 Å². The van der Waals surface area contributed by atoms with Gasteiger partial charge in [0.25, 0.3) is 0 Å². The van der Waals surface area contributed by atoms with Crippen molar-refractivity contribution in [2.75, 3.05) is 6.61 Å². The van der Waals surface area contributed by atoms with Crippen molar-refractivity contribution in [3.8, 4) is 0 Å². The summed E-state index contributed by atoms with van der Waals surface area (Å²) in [5, 5.41) is -0.577. The quantitative estimate of drug-likeness (QED) is 0.522. The Morgan fingerprint density at radius 1 is 1.45 bits per heavy atom. The number of nitrogens with two attached hydrogens (primary N) is 1. The summed E-state index contributed by atoms with van der Waals surface area (Å²) in [6.45, 7) is 0.988. The number of rotatable bonds is 4. The zero-order chi connectivity index (χ0) is 14.8. The van der Waals surface area contributed by atoms with Crippen LogP contribution in [0.25, 0.3) is 0 Å². The van der Waals surface area contributed by atoms with E-state index in [-0.39, 0.29) is 19.0 Å². The topological polar surface area (TPSA) is 52.3 Å². The standard InChI is InChI=1S/C11H10ClF4NO2.ClH/c1-2-19-10(18)11(15,16)9(17)7-6(13)4-3-5(12)8(7)14;/h3-4,9H,2,17H2,1H3;1H/t9-;/m1./s1. The molecule has 0 heterocycles. The Kier molecular flexibility index (Phi) is 6.73. The van der Waals surface area contributed by atoms with Crippen LogP contribution >= 0.6 is 24.0 Å². The monoisotopic (exact) mass is 335 g/mol. The summed E-state index contributed by atoms with van der Waals surface area (Å²) >= 11 is 5.36. The fourth-order valence-corrected chi connectivity index (χ4v) is 1.53. The predicted molar refractivity (Wildman–Crippen MR) is 67.1 cm³/mol. The van der Waals surface area contributed by atoms with E-state index in [0.717, 1.165) is 6.07 Å². The first-order valence-electron chi connectivity index (χ1n) is 5.17. The molecule has 0 amide bonds. The molecule has 0 radical (unpaired) electrons. The Hall–Kier alpha value is -1.05. The van der Waals surface area contributed by atoms with E-state index in [1.165, 1.54) is 6.92 Å². The van der Waals surface area contributed by atoms with Crippen molar-refractivity contribution in [2.45, 2.75) is 18.9 Å². The highest BCUT2D eigenvalue weighted by atomic mass is 35.5. The zero-order valence-corrected chi connectivity index (χ0v) is 11.7. The number of ether oxygens (including phenoxy) is 1. The highest BCUT2D eigenvalue weighted by Crippen LogP contribution is 2.35. The van der Waals surface area contributed by atoms with Crippen LogP contribution in [0.1, 0.15) is 18.5 Å². The number of benzene rings is 1. The van der Waals surface area contributed by atoms with Gasteiger partial charge in [0, 0.05) is 5.56 Å². The van der Waals surface area contributed by atoms with Crippen molar-refractivity contribution in [3.05, 3.63) is 34.4 Å². The average molecular weight is 336 g/mol. The SMILES string of the molecule is CCOC(=O)C(F)(F)[C@H](N)c1c(F)ccc(Cl)c1F.Cl. The number of hydrogen-bond acceptors (Lipinski definition) is 3. The fourth-order valence-electron chi connectivity index (χ4n) is 1.36. The molecule has 1 atom stereocenters. The van der Waals surface area contributed by atoms with E-state index >= 15 is 0 Å². The molecule has 0 spiro atoms. The lowest BCUT2D eigenvalue weighted by Gasteiger charge is -2.22. The van der Waals surface area contributed by atoms with Crippen molar-refractivity contribution >= 4 is 30.0 Å². The highest BCUT2D eigenvalue weighted by molar-refractivity contribution is 6.30. The van der Waals surface area contributed by atoms with Gasteiger partial charge in [0.1, 0.15) is 17.7 Å². The van der Waals surface area contributed by atoms with Crippen LogP contribution in [-0.4, -0.2) is 18.5 Å². The van der Waals surface area contributed by atoms with E-state index in [1.807, 2.05) is 0 Å². The van der Waals surface area contributed by atoms with Gasteiger partial charge >= 0.3 is 11.9 Å². The van der Waals surface area contributed by atoms with Gasteiger partial charge in [0.05, 0.1) is 11.6 Å². The molecule has 0 aliphatic rings. The van der Waals surface area contributed by atoms with Crippen molar-refractivity contribution in [1.29, 1.82) is 0 Å². The van der Waals surface area contributed by atoms with Gasteiger partial charge in [-0.3, -0.25) is 0 Å². The van der Waals surface area contributed by atoms with Crippen LogP contribution in [0.5, 0.6) is 0 Å². The molecule has 0 aromatic heterocycles. The van der Waals surface area contributed by atoms with Gasteiger partial charge in [-0.25, -0.2) is 13.6 Å². The second-order valence-corrected chi connectivity index (χ2v) is 3.99. The molecule has 9 heteroatoms. The van der Waals surface area contributed by atoms with E-state index in [4.69, 9.17) is 17.3 Å². The molecule has 1 rings (SSSR count). The Bertz CT molecular complexity index is 500. The van der Waals surface area contributed by atoms with Gasteiger partial charge in [-0.15, -0.1) is 12.4 Å². The van der Waals surface area contributed by atoms with Crippen LogP contribution in [0.15, 0.2) is 12.1 Å². The molecule has 0 saturated heterocycles. The van der Waals surface area contributed by atoms with Crippen LogP contribution in [0, 0.1) is 11.6 Å². The van der Waals surface area contributed by atoms with Crippen molar-refractivity contribution in [2.24, 2.45) is 5.73 Å². The third-order valence-electron chi connectivity index (χ3n) is 2.33. The van der Waals surface area contributed by atoms with Crippen molar-refractivity contribution in [1.82, 2.24) is 0 Å². The van der Waals surface area contributed by atoms with E-state index in [2.05, 4.69) is 4.74 Å². The molecule has 0 saturated carbocycles. The van der Waals surface area contributed by atoms with Gasteiger partial charge in [0.2, 0.25) is 0 Å². The lowest BCUT2D eigenvalue weighted by atomic mass is 10.00. The van der Waals surface area contributed by atoms with Gasteiger partial charge in [-0.2, -0.15) is 8.78 Å². The largest absolute Gasteiger partial charge is 0.462 e. The summed E-state index contributed by atoms with van der Waals surface area (Å²) in [7, 11) is 0. The Morgan fingerprint density at radius 2 is 2.00 bits per heavy atom. The molecule has 1 aromatic carbocycles. The molecule has 0 bridgehead atoms. The van der Waals surface area contributed by atoms with E-state index in [0.29, 0.717) is 6.07 Å². The maximum absolute atomic E-state index is 13.6. The molecule has 0 fully saturated rings. The normalized spacial score (nSPS) is 12.6. The molecular formula is C11H11Cl2F4NO2. The number of alkyl halides is 2. The minimum absolute atomic E-state index is 0. The molecule has 20 heavy (non-hydrogen) atoms. The fraction of sp³-hybridized carbons (Fsp3) is 0.364. The van der Waals surface area contributed by atoms with Crippen molar-refractivity contribution < 1.29 is 27.1 Å². The summed E-state index contributed by atoms with van der Waals surface area (Å²) in [4.78, 5) is 11.1.